The van der Waals surface area contributed by atoms with Gasteiger partial charge in [0.2, 0.25) is 0 Å². The number of carbonyl (C=O) groups is 2. The third-order valence-electron chi connectivity index (χ3n) is 3.67. The van der Waals surface area contributed by atoms with Crippen LogP contribution >= 0.6 is 0 Å². The predicted octanol–water partition coefficient (Wildman–Crippen LogP) is 1.58. The fourth-order valence-corrected chi connectivity index (χ4v) is 2.34. The highest BCUT2D eigenvalue weighted by Gasteiger charge is 2.17. The van der Waals surface area contributed by atoms with Gasteiger partial charge in [0, 0.05) is 13.0 Å². The summed E-state index contributed by atoms with van der Waals surface area (Å²) in [6, 6.07) is 18.6. The third kappa shape index (κ3) is 5.52. The molecule has 2 rings (SSSR count). The van der Waals surface area contributed by atoms with Crippen molar-refractivity contribution in [1.29, 1.82) is 0 Å². The molecule has 0 heterocycles. The van der Waals surface area contributed by atoms with Gasteiger partial charge in [0.05, 0.1) is 12.1 Å². The fraction of sp³-hybridized carbons (Fsp3) is 0.263. The van der Waals surface area contributed by atoms with Crippen molar-refractivity contribution in [1.82, 2.24) is 10.6 Å². The zero-order valence-corrected chi connectivity index (χ0v) is 13.6. The number of carbonyl (C=O) groups excluding carboxylic acids is 2. The second kappa shape index (κ2) is 8.84. The smallest absolute Gasteiger partial charge is 0.309 e. The van der Waals surface area contributed by atoms with E-state index in [4.69, 9.17) is 0 Å². The van der Waals surface area contributed by atoms with Crippen LogP contribution in [0.2, 0.25) is 0 Å². The van der Waals surface area contributed by atoms with E-state index < -0.39 is 17.9 Å². The Kier molecular flexibility index (Phi) is 6.51. The van der Waals surface area contributed by atoms with Crippen LogP contribution in [0.4, 0.5) is 0 Å². The highest BCUT2D eigenvalue weighted by molar-refractivity contribution is 6.35. The number of aliphatic hydroxyl groups is 1. The topological polar surface area (TPSA) is 78.4 Å². The molecule has 2 amide bonds. The van der Waals surface area contributed by atoms with E-state index in [0.717, 1.165) is 11.1 Å². The molecule has 0 aliphatic heterocycles. The number of aliphatic hydroxyl groups excluding tert-OH is 1. The van der Waals surface area contributed by atoms with Crippen LogP contribution in [0.15, 0.2) is 60.7 Å². The molecule has 0 fully saturated rings. The van der Waals surface area contributed by atoms with Crippen LogP contribution in [0, 0.1) is 0 Å². The molecule has 5 heteroatoms. The first-order valence-electron chi connectivity index (χ1n) is 7.92. The number of hydrogen-bond acceptors (Lipinski definition) is 3. The Labute approximate surface area is 141 Å². The minimum absolute atomic E-state index is 0.0286. The van der Waals surface area contributed by atoms with Crippen molar-refractivity contribution in [2.45, 2.75) is 25.5 Å². The fourth-order valence-electron chi connectivity index (χ4n) is 2.34. The largest absolute Gasteiger partial charge is 0.391 e. The minimum atomic E-state index is -0.745. The van der Waals surface area contributed by atoms with Crippen LogP contribution in [0.5, 0.6) is 0 Å². The highest BCUT2D eigenvalue weighted by atomic mass is 16.3. The van der Waals surface area contributed by atoms with Crippen LogP contribution in [-0.2, 0) is 16.0 Å². The van der Waals surface area contributed by atoms with Crippen molar-refractivity contribution in [3.05, 3.63) is 71.8 Å². The number of hydrogen-bond donors (Lipinski definition) is 3. The Balaban J connectivity index is 1.76. The molecule has 2 aromatic carbocycles. The van der Waals surface area contributed by atoms with Crippen LogP contribution in [0.1, 0.15) is 24.1 Å². The van der Waals surface area contributed by atoms with Gasteiger partial charge in [0.15, 0.2) is 0 Å². The summed E-state index contributed by atoms with van der Waals surface area (Å²) in [4.78, 5) is 23.7. The lowest BCUT2D eigenvalue weighted by Crippen LogP contribution is -2.43. The maximum absolute atomic E-state index is 11.9. The molecule has 0 aromatic heterocycles. The maximum Gasteiger partial charge on any atom is 0.309 e. The van der Waals surface area contributed by atoms with E-state index in [1.807, 2.05) is 67.6 Å². The van der Waals surface area contributed by atoms with Crippen molar-refractivity contribution in [3.8, 4) is 0 Å². The van der Waals surface area contributed by atoms with Crippen LogP contribution in [0.3, 0.4) is 0 Å². The van der Waals surface area contributed by atoms with Crippen molar-refractivity contribution >= 4 is 11.8 Å². The Morgan fingerprint density at radius 1 is 0.958 bits per heavy atom. The van der Waals surface area contributed by atoms with E-state index in [2.05, 4.69) is 10.6 Å². The molecule has 126 valence electrons. The average Bonchev–Trinajstić information content (AvgIpc) is 2.61. The summed E-state index contributed by atoms with van der Waals surface area (Å²) in [6.07, 6.45) is -0.320. The summed E-state index contributed by atoms with van der Waals surface area (Å²) in [5, 5.41) is 15.0. The number of nitrogens with one attached hydrogen (secondary N) is 2. The first-order chi connectivity index (χ1) is 11.6. The van der Waals surface area contributed by atoms with Crippen LogP contribution in [-0.4, -0.2) is 29.6 Å². The second-order valence-corrected chi connectivity index (χ2v) is 5.66. The molecule has 0 saturated carbocycles. The molecule has 0 aliphatic rings. The standard InChI is InChI=1S/C19H22N2O3/c1-14(16-10-6-3-7-11-16)21-19(24)18(23)20-13-17(22)12-15-8-4-2-5-9-15/h2-11,14,17,22H,12-13H2,1H3,(H,20,23)(H,21,24)/t14-,17+/m0/s1. The minimum Gasteiger partial charge on any atom is -0.391 e. The molecule has 0 unspecified atom stereocenters. The SMILES string of the molecule is C[C@H](NC(=O)C(=O)NC[C@H](O)Cc1ccccc1)c1ccccc1. The van der Waals surface area contributed by atoms with Gasteiger partial charge in [0.25, 0.3) is 0 Å². The zero-order chi connectivity index (χ0) is 17.4. The molecule has 24 heavy (non-hydrogen) atoms. The average molecular weight is 326 g/mol. The second-order valence-electron chi connectivity index (χ2n) is 5.66. The summed E-state index contributed by atoms with van der Waals surface area (Å²) >= 11 is 0. The van der Waals surface area contributed by atoms with Crippen LogP contribution < -0.4 is 10.6 Å². The normalized spacial score (nSPS) is 12.9. The van der Waals surface area contributed by atoms with E-state index >= 15 is 0 Å². The van der Waals surface area contributed by atoms with Gasteiger partial charge in [-0.25, -0.2) is 0 Å². The van der Waals surface area contributed by atoms with Gasteiger partial charge in [-0.15, -0.1) is 0 Å². The monoisotopic (exact) mass is 326 g/mol. The number of benzene rings is 2. The predicted molar refractivity (Wildman–Crippen MR) is 92.2 cm³/mol. The lowest BCUT2D eigenvalue weighted by molar-refractivity contribution is -0.139. The first kappa shape index (κ1) is 17.7. The van der Waals surface area contributed by atoms with E-state index in [-0.39, 0.29) is 12.6 Å². The molecule has 3 N–H and O–H groups in total. The molecule has 2 aromatic rings. The van der Waals surface area contributed by atoms with E-state index in [1.54, 1.807) is 0 Å². The van der Waals surface area contributed by atoms with Crippen molar-refractivity contribution in [2.75, 3.05) is 6.54 Å². The highest BCUT2D eigenvalue weighted by Crippen LogP contribution is 2.10. The van der Waals surface area contributed by atoms with Gasteiger partial charge < -0.3 is 15.7 Å². The summed E-state index contributed by atoms with van der Waals surface area (Å²) in [6.45, 7) is 1.84. The lowest BCUT2D eigenvalue weighted by atomic mass is 10.1. The Bertz CT molecular complexity index is 659. The molecule has 0 saturated heterocycles. The first-order valence-corrected chi connectivity index (χ1v) is 7.92. The molecule has 5 nitrogen and oxygen atoms in total. The van der Waals surface area contributed by atoms with E-state index in [9.17, 15) is 14.7 Å². The van der Waals surface area contributed by atoms with E-state index in [0.29, 0.717) is 6.42 Å². The quantitative estimate of drug-likeness (QED) is 0.705. The van der Waals surface area contributed by atoms with Gasteiger partial charge in [-0.3, -0.25) is 9.59 Å². The van der Waals surface area contributed by atoms with Gasteiger partial charge in [0.1, 0.15) is 0 Å². The summed E-state index contributed by atoms with van der Waals surface area (Å²) in [5.41, 5.74) is 1.89. The summed E-state index contributed by atoms with van der Waals surface area (Å²) in [5.74, 6) is -1.46. The third-order valence-corrected chi connectivity index (χ3v) is 3.67. The molecule has 2 atom stereocenters. The van der Waals surface area contributed by atoms with Crippen molar-refractivity contribution in [3.63, 3.8) is 0 Å². The summed E-state index contributed by atoms with van der Waals surface area (Å²) in [7, 11) is 0. The van der Waals surface area contributed by atoms with Crippen molar-refractivity contribution in [2.24, 2.45) is 0 Å². The molecular formula is C19H22N2O3. The van der Waals surface area contributed by atoms with Gasteiger partial charge in [-0.05, 0) is 18.1 Å². The number of rotatable bonds is 6. The summed E-state index contributed by atoms with van der Waals surface area (Å²) < 4.78 is 0. The van der Waals surface area contributed by atoms with Gasteiger partial charge >= 0.3 is 11.8 Å². The van der Waals surface area contributed by atoms with Crippen molar-refractivity contribution < 1.29 is 14.7 Å². The molecule has 0 radical (unpaired) electrons. The van der Waals surface area contributed by atoms with E-state index in [1.165, 1.54) is 0 Å². The lowest BCUT2D eigenvalue weighted by Gasteiger charge is -2.15. The number of amides is 2. The van der Waals surface area contributed by atoms with Gasteiger partial charge in [-0.1, -0.05) is 60.7 Å². The molecular weight excluding hydrogens is 304 g/mol. The van der Waals surface area contributed by atoms with Gasteiger partial charge in [-0.2, -0.15) is 0 Å². The zero-order valence-electron chi connectivity index (χ0n) is 13.6. The molecule has 0 aliphatic carbocycles. The Morgan fingerprint density at radius 3 is 2.17 bits per heavy atom. The Hall–Kier alpha value is -2.66. The molecule has 0 bridgehead atoms. The van der Waals surface area contributed by atoms with Crippen LogP contribution in [0.25, 0.3) is 0 Å². The maximum atomic E-state index is 11.9. The molecule has 0 spiro atoms. The Morgan fingerprint density at radius 2 is 1.54 bits per heavy atom.